The fourth-order valence-electron chi connectivity index (χ4n) is 1.69. The molecule has 0 fully saturated rings. The van der Waals surface area contributed by atoms with Crippen molar-refractivity contribution in [2.24, 2.45) is 0 Å². The zero-order valence-corrected chi connectivity index (χ0v) is 12.1. The summed E-state index contributed by atoms with van der Waals surface area (Å²) in [7, 11) is 0. The lowest BCUT2D eigenvalue weighted by molar-refractivity contribution is 0.101. The number of carbonyl (C=O) groups excluding carboxylic acids is 1. The number of anilines is 3. The largest absolute Gasteiger partial charge is 0.398 e. The lowest BCUT2D eigenvalue weighted by Gasteiger charge is -2.09. The molecule has 0 amide bonds. The van der Waals surface area contributed by atoms with Crippen LogP contribution in [0.3, 0.4) is 0 Å². The van der Waals surface area contributed by atoms with Crippen molar-refractivity contribution in [2.75, 3.05) is 11.1 Å². The van der Waals surface area contributed by atoms with E-state index in [9.17, 15) is 4.79 Å². The average Bonchev–Trinajstić information content (AvgIpc) is 2.28. The summed E-state index contributed by atoms with van der Waals surface area (Å²) >= 11 is 2.26. The van der Waals surface area contributed by atoms with Crippen LogP contribution in [0.4, 0.5) is 17.1 Å². The molecule has 2 rings (SSSR count). The molecule has 4 heteroatoms. The van der Waals surface area contributed by atoms with Crippen molar-refractivity contribution in [3.63, 3.8) is 0 Å². The van der Waals surface area contributed by atoms with E-state index >= 15 is 0 Å². The first-order valence-electron chi connectivity index (χ1n) is 5.49. The van der Waals surface area contributed by atoms with E-state index in [1.165, 1.54) is 6.92 Å². The van der Waals surface area contributed by atoms with Gasteiger partial charge >= 0.3 is 0 Å². The summed E-state index contributed by atoms with van der Waals surface area (Å²) < 4.78 is 1.16. The number of Topliss-reactive ketones (excluding diaryl/α,β-unsaturated/α-hetero) is 1. The van der Waals surface area contributed by atoms with Crippen LogP contribution in [0, 0.1) is 3.57 Å². The number of hydrogen-bond donors (Lipinski definition) is 2. The van der Waals surface area contributed by atoms with E-state index in [0.717, 1.165) is 14.9 Å². The van der Waals surface area contributed by atoms with Crippen molar-refractivity contribution in [1.82, 2.24) is 0 Å². The number of rotatable bonds is 3. The van der Waals surface area contributed by atoms with Gasteiger partial charge in [-0.3, -0.25) is 4.79 Å². The van der Waals surface area contributed by atoms with Crippen LogP contribution in [0.1, 0.15) is 17.3 Å². The quantitative estimate of drug-likeness (QED) is 0.502. The molecule has 3 N–H and O–H groups in total. The molecule has 2 aromatic carbocycles. The molecule has 3 nitrogen and oxygen atoms in total. The summed E-state index contributed by atoms with van der Waals surface area (Å²) in [6.45, 7) is 1.51. The number of halogens is 1. The van der Waals surface area contributed by atoms with Gasteiger partial charge in [-0.15, -0.1) is 0 Å². The number of nitrogen functional groups attached to an aromatic ring is 1. The first kappa shape index (κ1) is 12.9. The molecule has 0 aliphatic rings. The van der Waals surface area contributed by atoms with Gasteiger partial charge in [0.05, 0.1) is 0 Å². The minimum absolute atomic E-state index is 0.0201. The fourth-order valence-corrected chi connectivity index (χ4v) is 2.24. The van der Waals surface area contributed by atoms with Gasteiger partial charge < -0.3 is 11.1 Å². The second-order valence-corrected chi connectivity index (χ2v) is 5.24. The van der Waals surface area contributed by atoms with Crippen molar-refractivity contribution in [2.45, 2.75) is 6.92 Å². The van der Waals surface area contributed by atoms with Crippen molar-refractivity contribution >= 4 is 45.4 Å². The molecule has 18 heavy (non-hydrogen) atoms. The zero-order valence-electron chi connectivity index (χ0n) is 9.91. The van der Waals surface area contributed by atoms with Crippen LogP contribution in [-0.2, 0) is 0 Å². The van der Waals surface area contributed by atoms with E-state index in [1.807, 2.05) is 30.3 Å². The molecule has 0 saturated heterocycles. The Morgan fingerprint density at radius 3 is 2.50 bits per heavy atom. The normalized spacial score (nSPS) is 10.1. The predicted molar refractivity (Wildman–Crippen MR) is 83.3 cm³/mol. The second-order valence-electron chi connectivity index (χ2n) is 3.99. The van der Waals surface area contributed by atoms with Gasteiger partial charge in [-0.1, -0.05) is 6.07 Å². The Morgan fingerprint density at radius 2 is 1.89 bits per heavy atom. The maximum absolute atomic E-state index is 11.3. The summed E-state index contributed by atoms with van der Waals surface area (Å²) in [6.07, 6.45) is 0. The van der Waals surface area contributed by atoms with Crippen LogP contribution in [0.2, 0.25) is 0 Å². The van der Waals surface area contributed by atoms with Crippen LogP contribution in [0.5, 0.6) is 0 Å². The van der Waals surface area contributed by atoms with Crippen LogP contribution < -0.4 is 11.1 Å². The number of carbonyl (C=O) groups is 1. The molecule has 92 valence electrons. The molecule has 2 aromatic rings. The summed E-state index contributed by atoms with van der Waals surface area (Å²) in [6, 6.07) is 13.4. The topological polar surface area (TPSA) is 55.1 Å². The van der Waals surface area contributed by atoms with Crippen LogP contribution in [-0.4, -0.2) is 5.78 Å². The summed E-state index contributed by atoms with van der Waals surface area (Å²) in [4.78, 5) is 11.3. The molecule has 0 aliphatic heterocycles. The average molecular weight is 352 g/mol. The second kappa shape index (κ2) is 5.39. The molecular formula is C14H13IN2O. The minimum Gasteiger partial charge on any atom is -0.398 e. The van der Waals surface area contributed by atoms with Crippen LogP contribution in [0.25, 0.3) is 0 Å². The Kier molecular flexibility index (Phi) is 3.86. The molecule has 0 atom stereocenters. The van der Waals surface area contributed by atoms with Gasteiger partial charge in [0.25, 0.3) is 0 Å². The van der Waals surface area contributed by atoms with E-state index in [-0.39, 0.29) is 5.78 Å². The van der Waals surface area contributed by atoms with Crippen molar-refractivity contribution in [3.05, 3.63) is 51.6 Å². The van der Waals surface area contributed by atoms with E-state index in [2.05, 4.69) is 27.9 Å². The van der Waals surface area contributed by atoms with Gasteiger partial charge in [0.15, 0.2) is 5.78 Å². The van der Waals surface area contributed by atoms with Gasteiger partial charge in [0.1, 0.15) is 0 Å². The lowest BCUT2D eigenvalue weighted by Crippen LogP contribution is -2.00. The number of benzene rings is 2. The van der Waals surface area contributed by atoms with Gasteiger partial charge in [-0.05, 0) is 65.9 Å². The molecule has 0 heterocycles. The van der Waals surface area contributed by atoms with Gasteiger partial charge in [-0.2, -0.15) is 0 Å². The Hall–Kier alpha value is -1.56. The summed E-state index contributed by atoms with van der Waals surface area (Å²) in [5.74, 6) is -0.0201. The lowest BCUT2D eigenvalue weighted by atomic mass is 10.1. The number of hydrogen-bond acceptors (Lipinski definition) is 3. The maximum atomic E-state index is 11.3. The van der Waals surface area contributed by atoms with Crippen LogP contribution in [0.15, 0.2) is 42.5 Å². The van der Waals surface area contributed by atoms with E-state index in [4.69, 9.17) is 5.73 Å². The SMILES string of the molecule is CC(=O)c1ccc(Nc2cccc(I)c2)cc1N. The highest BCUT2D eigenvalue weighted by molar-refractivity contribution is 14.1. The van der Waals surface area contributed by atoms with Gasteiger partial charge in [0.2, 0.25) is 0 Å². The summed E-state index contributed by atoms with van der Waals surface area (Å²) in [5.41, 5.74) is 8.77. The summed E-state index contributed by atoms with van der Waals surface area (Å²) in [5, 5.41) is 3.26. The molecule has 0 bridgehead atoms. The zero-order chi connectivity index (χ0) is 13.1. The fraction of sp³-hybridized carbons (Fsp3) is 0.0714. The van der Waals surface area contributed by atoms with Crippen molar-refractivity contribution in [3.8, 4) is 0 Å². The third kappa shape index (κ3) is 3.01. The maximum Gasteiger partial charge on any atom is 0.161 e. The first-order chi connectivity index (χ1) is 8.56. The number of nitrogens with one attached hydrogen (secondary N) is 1. The molecule has 0 aliphatic carbocycles. The monoisotopic (exact) mass is 352 g/mol. The molecule has 0 unspecified atom stereocenters. The molecule has 0 saturated carbocycles. The van der Waals surface area contributed by atoms with Gasteiger partial charge in [0, 0.05) is 26.2 Å². The highest BCUT2D eigenvalue weighted by atomic mass is 127. The molecular weight excluding hydrogens is 339 g/mol. The van der Waals surface area contributed by atoms with E-state index < -0.39 is 0 Å². The minimum atomic E-state index is -0.0201. The first-order valence-corrected chi connectivity index (χ1v) is 6.57. The van der Waals surface area contributed by atoms with E-state index in [1.54, 1.807) is 12.1 Å². The number of ketones is 1. The molecule has 0 radical (unpaired) electrons. The molecule has 0 spiro atoms. The Balaban J connectivity index is 2.25. The smallest absolute Gasteiger partial charge is 0.161 e. The standard InChI is InChI=1S/C14H13IN2O/c1-9(18)13-6-5-12(8-14(13)16)17-11-4-2-3-10(15)7-11/h2-8,17H,16H2,1H3. The highest BCUT2D eigenvalue weighted by Crippen LogP contribution is 2.23. The number of nitrogens with two attached hydrogens (primary N) is 1. The predicted octanol–water partition coefficient (Wildman–Crippen LogP) is 3.82. The third-order valence-corrected chi connectivity index (χ3v) is 3.22. The highest BCUT2D eigenvalue weighted by Gasteiger charge is 2.05. The Bertz CT molecular complexity index is 596. The third-order valence-electron chi connectivity index (χ3n) is 2.54. The van der Waals surface area contributed by atoms with Crippen molar-refractivity contribution < 1.29 is 4.79 Å². The Labute approximate surface area is 120 Å². The van der Waals surface area contributed by atoms with Gasteiger partial charge in [-0.25, -0.2) is 0 Å². The Morgan fingerprint density at radius 1 is 1.17 bits per heavy atom. The molecule has 0 aromatic heterocycles. The van der Waals surface area contributed by atoms with E-state index in [0.29, 0.717) is 11.3 Å². The van der Waals surface area contributed by atoms with Crippen LogP contribution >= 0.6 is 22.6 Å². The van der Waals surface area contributed by atoms with Crippen molar-refractivity contribution in [1.29, 1.82) is 0 Å².